The molecule has 0 bridgehead atoms. The van der Waals surface area contributed by atoms with Crippen LogP contribution in [0.1, 0.15) is 28.9 Å². The Bertz CT molecular complexity index is 754. The van der Waals surface area contributed by atoms with Gasteiger partial charge < -0.3 is 19.8 Å². The van der Waals surface area contributed by atoms with E-state index in [4.69, 9.17) is 9.47 Å². The van der Waals surface area contributed by atoms with Gasteiger partial charge in [-0.1, -0.05) is 6.07 Å². The van der Waals surface area contributed by atoms with Gasteiger partial charge in [0, 0.05) is 6.20 Å². The normalized spacial score (nSPS) is 14.2. The molecule has 1 aliphatic rings. The van der Waals surface area contributed by atoms with Crippen molar-refractivity contribution < 1.29 is 14.3 Å². The van der Waals surface area contributed by atoms with E-state index < -0.39 is 11.5 Å². The van der Waals surface area contributed by atoms with Gasteiger partial charge in [0.15, 0.2) is 11.5 Å². The van der Waals surface area contributed by atoms with Crippen molar-refractivity contribution >= 4 is 5.91 Å². The maximum atomic E-state index is 12.2. The van der Waals surface area contributed by atoms with Crippen LogP contribution in [0.25, 0.3) is 0 Å². The van der Waals surface area contributed by atoms with Gasteiger partial charge in [-0.15, -0.1) is 0 Å². The Balaban J connectivity index is 1.77. The molecule has 2 aromatic rings. The maximum absolute atomic E-state index is 12.2. The smallest absolute Gasteiger partial charge is 0.260 e. The second kappa shape index (κ2) is 5.93. The first kappa shape index (κ1) is 14.2. The van der Waals surface area contributed by atoms with Crippen LogP contribution < -0.4 is 20.3 Å². The molecule has 0 spiro atoms. The summed E-state index contributed by atoms with van der Waals surface area (Å²) in [5.41, 5.74) is 0.561. The van der Waals surface area contributed by atoms with E-state index in [0.717, 1.165) is 5.56 Å². The average molecular weight is 300 g/mol. The van der Waals surface area contributed by atoms with Gasteiger partial charge in [-0.2, -0.15) is 0 Å². The number of aromatic nitrogens is 1. The molecule has 0 fully saturated rings. The van der Waals surface area contributed by atoms with Gasteiger partial charge in [0.1, 0.15) is 18.8 Å². The standard InChI is InChI=1S/C16H16N2O4/c1-10(18-16(20)12-3-2-6-17-15(12)19)11-4-5-13-14(9-11)22-8-7-21-13/h2-6,9-10H,7-8H2,1H3,(H,17,19)(H,18,20)/t10-/m0/s1. The van der Waals surface area contributed by atoms with Gasteiger partial charge >= 0.3 is 0 Å². The Kier molecular flexibility index (Phi) is 3.82. The molecule has 22 heavy (non-hydrogen) atoms. The molecular formula is C16H16N2O4. The molecule has 6 nitrogen and oxygen atoms in total. The highest BCUT2D eigenvalue weighted by atomic mass is 16.6. The van der Waals surface area contributed by atoms with Gasteiger partial charge in [-0.05, 0) is 36.8 Å². The summed E-state index contributed by atoms with van der Waals surface area (Å²) >= 11 is 0. The Morgan fingerprint density at radius 1 is 1.23 bits per heavy atom. The molecule has 0 saturated heterocycles. The summed E-state index contributed by atoms with van der Waals surface area (Å²) in [6.45, 7) is 2.90. The molecule has 2 N–H and O–H groups in total. The number of carbonyl (C=O) groups is 1. The summed E-state index contributed by atoms with van der Waals surface area (Å²) in [6.07, 6.45) is 1.49. The monoisotopic (exact) mass is 300 g/mol. The molecule has 1 atom stereocenters. The number of ether oxygens (including phenoxy) is 2. The number of fused-ring (bicyclic) bond motifs is 1. The van der Waals surface area contributed by atoms with Crippen LogP contribution in [-0.4, -0.2) is 24.1 Å². The fourth-order valence-electron chi connectivity index (χ4n) is 2.29. The van der Waals surface area contributed by atoms with Gasteiger partial charge in [0.05, 0.1) is 6.04 Å². The summed E-state index contributed by atoms with van der Waals surface area (Å²) in [7, 11) is 0. The lowest BCUT2D eigenvalue weighted by atomic mass is 10.1. The number of hydrogen-bond acceptors (Lipinski definition) is 4. The van der Waals surface area contributed by atoms with E-state index in [9.17, 15) is 9.59 Å². The third-order valence-corrected chi connectivity index (χ3v) is 3.48. The minimum absolute atomic E-state index is 0.0897. The zero-order valence-corrected chi connectivity index (χ0v) is 12.1. The molecule has 0 radical (unpaired) electrons. The van der Waals surface area contributed by atoms with Crippen LogP contribution in [0.4, 0.5) is 0 Å². The molecule has 1 aromatic carbocycles. The molecule has 114 valence electrons. The van der Waals surface area contributed by atoms with E-state index in [0.29, 0.717) is 24.7 Å². The van der Waals surface area contributed by atoms with Crippen LogP contribution in [-0.2, 0) is 0 Å². The fourth-order valence-corrected chi connectivity index (χ4v) is 2.29. The third-order valence-electron chi connectivity index (χ3n) is 3.48. The summed E-state index contributed by atoms with van der Waals surface area (Å²) in [5, 5.41) is 2.80. The predicted octanol–water partition coefficient (Wildman–Crippen LogP) is 1.64. The highest BCUT2D eigenvalue weighted by Gasteiger charge is 2.17. The molecule has 0 unspecified atom stereocenters. The quantitative estimate of drug-likeness (QED) is 0.903. The minimum atomic E-state index is -0.413. The number of pyridine rings is 1. The van der Waals surface area contributed by atoms with Gasteiger partial charge in [-0.3, -0.25) is 9.59 Å². The average Bonchev–Trinajstić information content (AvgIpc) is 2.54. The van der Waals surface area contributed by atoms with E-state index in [-0.39, 0.29) is 11.6 Å². The number of aromatic amines is 1. The number of hydrogen-bond donors (Lipinski definition) is 2. The summed E-state index contributed by atoms with van der Waals surface area (Å²) < 4.78 is 11.0. The molecule has 2 heterocycles. The Labute approximate surface area is 127 Å². The van der Waals surface area contributed by atoms with E-state index in [1.807, 2.05) is 25.1 Å². The second-order valence-electron chi connectivity index (χ2n) is 5.01. The number of carbonyl (C=O) groups excluding carboxylic acids is 1. The summed E-state index contributed by atoms with van der Waals surface area (Å²) in [5.74, 6) is 0.958. The van der Waals surface area contributed by atoms with Crippen LogP contribution in [0.5, 0.6) is 11.5 Å². The molecule has 3 rings (SSSR count). The first-order valence-corrected chi connectivity index (χ1v) is 7.03. The lowest BCUT2D eigenvalue weighted by Crippen LogP contribution is -2.31. The first-order valence-electron chi connectivity index (χ1n) is 7.03. The van der Waals surface area contributed by atoms with E-state index in [2.05, 4.69) is 10.3 Å². The van der Waals surface area contributed by atoms with Gasteiger partial charge in [0.25, 0.3) is 11.5 Å². The van der Waals surface area contributed by atoms with Crippen LogP contribution in [0, 0.1) is 0 Å². The summed E-state index contributed by atoms with van der Waals surface area (Å²) in [6, 6.07) is 8.38. The maximum Gasteiger partial charge on any atom is 0.260 e. The Hall–Kier alpha value is -2.76. The van der Waals surface area contributed by atoms with Crippen molar-refractivity contribution in [2.24, 2.45) is 0 Å². The zero-order valence-electron chi connectivity index (χ0n) is 12.1. The van der Waals surface area contributed by atoms with Crippen molar-refractivity contribution in [3.05, 3.63) is 58.0 Å². The molecule has 1 amide bonds. The van der Waals surface area contributed by atoms with Crippen molar-refractivity contribution in [2.75, 3.05) is 13.2 Å². The van der Waals surface area contributed by atoms with Gasteiger partial charge in [0.2, 0.25) is 0 Å². The third kappa shape index (κ3) is 2.81. The van der Waals surface area contributed by atoms with Crippen molar-refractivity contribution in [1.29, 1.82) is 0 Å². The zero-order chi connectivity index (χ0) is 15.5. The largest absolute Gasteiger partial charge is 0.486 e. The number of amides is 1. The highest BCUT2D eigenvalue weighted by molar-refractivity contribution is 5.94. The second-order valence-corrected chi connectivity index (χ2v) is 5.01. The van der Waals surface area contributed by atoms with Crippen LogP contribution in [0.3, 0.4) is 0 Å². The lowest BCUT2D eigenvalue weighted by molar-refractivity contribution is 0.0938. The van der Waals surface area contributed by atoms with Gasteiger partial charge in [-0.25, -0.2) is 0 Å². The molecule has 1 aromatic heterocycles. The van der Waals surface area contributed by atoms with Crippen molar-refractivity contribution in [1.82, 2.24) is 10.3 Å². The van der Waals surface area contributed by atoms with Crippen molar-refractivity contribution in [2.45, 2.75) is 13.0 Å². The van der Waals surface area contributed by atoms with Crippen LogP contribution in [0.2, 0.25) is 0 Å². The number of nitrogens with one attached hydrogen (secondary N) is 2. The Morgan fingerprint density at radius 2 is 2.00 bits per heavy atom. The van der Waals surface area contributed by atoms with E-state index in [1.165, 1.54) is 12.3 Å². The number of H-pyrrole nitrogens is 1. The SMILES string of the molecule is C[C@H](NC(=O)c1ccc[nH]c1=O)c1ccc2c(c1)OCCO2. The topological polar surface area (TPSA) is 80.4 Å². The summed E-state index contributed by atoms with van der Waals surface area (Å²) in [4.78, 5) is 26.3. The van der Waals surface area contributed by atoms with Crippen molar-refractivity contribution in [3.63, 3.8) is 0 Å². The Morgan fingerprint density at radius 3 is 2.77 bits per heavy atom. The number of benzene rings is 1. The van der Waals surface area contributed by atoms with E-state index in [1.54, 1.807) is 6.07 Å². The molecular weight excluding hydrogens is 284 g/mol. The van der Waals surface area contributed by atoms with E-state index >= 15 is 0 Å². The molecule has 6 heteroatoms. The number of rotatable bonds is 3. The fraction of sp³-hybridized carbons (Fsp3) is 0.250. The van der Waals surface area contributed by atoms with Crippen LogP contribution in [0.15, 0.2) is 41.3 Å². The lowest BCUT2D eigenvalue weighted by Gasteiger charge is -2.21. The highest BCUT2D eigenvalue weighted by Crippen LogP contribution is 2.32. The molecule has 0 aliphatic carbocycles. The minimum Gasteiger partial charge on any atom is -0.486 e. The predicted molar refractivity (Wildman–Crippen MR) is 80.4 cm³/mol. The first-order chi connectivity index (χ1) is 10.6. The molecule has 0 saturated carbocycles. The van der Waals surface area contributed by atoms with Crippen LogP contribution >= 0.6 is 0 Å². The van der Waals surface area contributed by atoms with Crippen molar-refractivity contribution in [3.8, 4) is 11.5 Å². The molecule has 1 aliphatic heterocycles.